The molecule has 3 aromatic carbocycles. The van der Waals surface area contributed by atoms with E-state index < -0.39 is 0 Å². The monoisotopic (exact) mass is 375 g/mol. The minimum atomic E-state index is -0.303. The van der Waals surface area contributed by atoms with Gasteiger partial charge in [-0.05, 0) is 47.7 Å². The Morgan fingerprint density at radius 3 is 2.04 bits per heavy atom. The van der Waals surface area contributed by atoms with Crippen molar-refractivity contribution in [1.82, 2.24) is 0 Å². The fourth-order valence-corrected chi connectivity index (χ4v) is 3.92. The van der Waals surface area contributed by atoms with Gasteiger partial charge in [0, 0.05) is 10.6 Å². The van der Waals surface area contributed by atoms with Crippen LogP contribution in [0.4, 0.5) is 5.69 Å². The molecule has 0 fully saturated rings. The van der Waals surface area contributed by atoms with Gasteiger partial charge in [-0.2, -0.15) is 0 Å². The summed E-state index contributed by atoms with van der Waals surface area (Å²) in [6.45, 7) is 4.40. The fourth-order valence-electron chi connectivity index (χ4n) is 2.87. The van der Waals surface area contributed by atoms with Crippen LogP contribution in [-0.2, 0) is 4.79 Å². The van der Waals surface area contributed by atoms with Gasteiger partial charge in [0.15, 0.2) is 0 Å². The van der Waals surface area contributed by atoms with Gasteiger partial charge in [0.05, 0.1) is 0 Å². The molecular weight excluding hydrogens is 350 g/mol. The second-order valence-corrected chi connectivity index (χ2v) is 7.82. The first-order valence-corrected chi connectivity index (χ1v) is 10.2. The number of amides is 1. The first-order valence-electron chi connectivity index (χ1n) is 9.35. The first-order chi connectivity index (χ1) is 13.2. The second kappa shape index (κ2) is 9.43. The number of benzene rings is 3. The first kappa shape index (κ1) is 19.2. The third-order valence-electron chi connectivity index (χ3n) is 4.70. The molecular formula is C24H25NOS. The molecule has 1 N–H and O–H groups in total. The van der Waals surface area contributed by atoms with Gasteiger partial charge in [-0.25, -0.2) is 0 Å². The molecule has 27 heavy (non-hydrogen) atoms. The Morgan fingerprint density at radius 2 is 1.44 bits per heavy atom. The van der Waals surface area contributed by atoms with Crippen LogP contribution in [0.25, 0.3) is 0 Å². The summed E-state index contributed by atoms with van der Waals surface area (Å²) in [7, 11) is 0. The summed E-state index contributed by atoms with van der Waals surface area (Å²) in [6, 6.07) is 28.2. The van der Waals surface area contributed by atoms with E-state index in [1.165, 1.54) is 5.56 Å². The molecule has 0 aliphatic heterocycles. The number of carbonyl (C=O) groups is 1. The van der Waals surface area contributed by atoms with Crippen molar-refractivity contribution in [3.05, 3.63) is 96.1 Å². The van der Waals surface area contributed by atoms with E-state index in [1.54, 1.807) is 11.8 Å². The van der Waals surface area contributed by atoms with Gasteiger partial charge in [-0.3, -0.25) is 4.79 Å². The average Bonchev–Trinajstić information content (AvgIpc) is 2.73. The Hall–Kier alpha value is -2.52. The van der Waals surface area contributed by atoms with Crippen LogP contribution in [-0.4, -0.2) is 5.91 Å². The minimum Gasteiger partial charge on any atom is -0.325 e. The van der Waals surface area contributed by atoms with Crippen LogP contribution in [0.5, 0.6) is 0 Å². The van der Waals surface area contributed by atoms with E-state index in [2.05, 4.69) is 31.3 Å². The maximum Gasteiger partial charge on any atom is 0.242 e. The molecule has 0 aliphatic rings. The molecule has 0 bridgehead atoms. The molecule has 2 atom stereocenters. The van der Waals surface area contributed by atoms with Crippen molar-refractivity contribution >= 4 is 23.4 Å². The molecule has 3 heteroatoms. The van der Waals surface area contributed by atoms with E-state index in [1.807, 2.05) is 72.8 Å². The third kappa shape index (κ3) is 5.24. The molecule has 3 aromatic rings. The second-order valence-electron chi connectivity index (χ2n) is 6.64. The fraction of sp³-hybridized carbons (Fsp3) is 0.208. The van der Waals surface area contributed by atoms with E-state index in [0.29, 0.717) is 5.92 Å². The number of hydrogen-bond donors (Lipinski definition) is 1. The molecule has 0 saturated heterocycles. The van der Waals surface area contributed by atoms with Crippen LogP contribution in [0.2, 0.25) is 0 Å². The summed E-state index contributed by atoms with van der Waals surface area (Å²) in [5.41, 5.74) is 3.13. The van der Waals surface area contributed by atoms with Crippen LogP contribution in [0.15, 0.2) is 89.8 Å². The molecule has 0 aromatic heterocycles. The largest absolute Gasteiger partial charge is 0.325 e. The highest BCUT2D eigenvalue weighted by Gasteiger charge is 2.22. The van der Waals surface area contributed by atoms with E-state index >= 15 is 0 Å². The molecule has 0 saturated carbocycles. The number of carbonyl (C=O) groups excluding carboxylic acids is 1. The molecule has 0 spiro atoms. The van der Waals surface area contributed by atoms with Gasteiger partial charge < -0.3 is 5.32 Å². The summed E-state index contributed by atoms with van der Waals surface area (Å²) in [6.07, 6.45) is 1.11. The van der Waals surface area contributed by atoms with Gasteiger partial charge in [0.1, 0.15) is 5.25 Å². The quantitative estimate of drug-likeness (QED) is 0.467. The Balaban J connectivity index is 1.78. The predicted octanol–water partition coefficient (Wildman–Crippen LogP) is 6.67. The van der Waals surface area contributed by atoms with Crippen molar-refractivity contribution in [2.75, 3.05) is 5.32 Å². The lowest BCUT2D eigenvalue weighted by molar-refractivity contribution is -0.115. The molecule has 3 rings (SSSR count). The molecule has 0 unspecified atom stereocenters. The molecule has 0 radical (unpaired) electrons. The summed E-state index contributed by atoms with van der Waals surface area (Å²) in [5.74, 6) is 0.520. The van der Waals surface area contributed by atoms with Gasteiger partial charge in [-0.1, -0.05) is 74.5 Å². The highest BCUT2D eigenvalue weighted by Crippen LogP contribution is 2.36. The Bertz CT molecular complexity index is 847. The zero-order valence-electron chi connectivity index (χ0n) is 15.8. The van der Waals surface area contributed by atoms with Crippen molar-refractivity contribution < 1.29 is 4.79 Å². The lowest BCUT2D eigenvalue weighted by Gasteiger charge is -2.17. The molecule has 0 heterocycles. The molecule has 138 valence electrons. The average molecular weight is 376 g/mol. The summed E-state index contributed by atoms with van der Waals surface area (Å²) in [5, 5.41) is 2.78. The number of hydrogen-bond acceptors (Lipinski definition) is 2. The standard InChI is InChI=1S/C24H25NOS/c1-3-18(2)19-14-16-21(17-15-19)25-24(26)23(20-10-6-4-7-11-20)27-22-12-8-5-9-13-22/h4-18,23H,3H2,1-2H3,(H,25,26)/t18-,23+/m1/s1. The van der Waals surface area contributed by atoms with Crippen molar-refractivity contribution in [3.63, 3.8) is 0 Å². The van der Waals surface area contributed by atoms with Crippen LogP contribution >= 0.6 is 11.8 Å². The van der Waals surface area contributed by atoms with Gasteiger partial charge >= 0.3 is 0 Å². The maximum atomic E-state index is 13.1. The smallest absolute Gasteiger partial charge is 0.242 e. The third-order valence-corrected chi connectivity index (χ3v) is 5.96. The number of rotatable bonds is 7. The highest BCUT2D eigenvalue weighted by molar-refractivity contribution is 8.00. The van der Waals surface area contributed by atoms with Gasteiger partial charge in [0.2, 0.25) is 5.91 Å². The topological polar surface area (TPSA) is 29.1 Å². The predicted molar refractivity (Wildman–Crippen MR) is 115 cm³/mol. The van der Waals surface area contributed by atoms with Crippen molar-refractivity contribution in [1.29, 1.82) is 0 Å². The summed E-state index contributed by atoms with van der Waals surface area (Å²) >= 11 is 1.57. The number of thioether (sulfide) groups is 1. The Kier molecular flexibility index (Phi) is 6.72. The maximum absolute atomic E-state index is 13.1. The number of nitrogens with one attached hydrogen (secondary N) is 1. The van der Waals surface area contributed by atoms with Gasteiger partial charge in [0.25, 0.3) is 0 Å². The lowest BCUT2D eigenvalue weighted by Crippen LogP contribution is -2.19. The summed E-state index contributed by atoms with van der Waals surface area (Å²) in [4.78, 5) is 14.1. The van der Waals surface area contributed by atoms with Crippen molar-refractivity contribution in [3.8, 4) is 0 Å². The normalized spacial score (nSPS) is 13.0. The zero-order valence-corrected chi connectivity index (χ0v) is 16.6. The highest BCUT2D eigenvalue weighted by atomic mass is 32.2. The Morgan fingerprint density at radius 1 is 0.852 bits per heavy atom. The summed E-state index contributed by atoms with van der Waals surface area (Å²) < 4.78 is 0. The van der Waals surface area contributed by atoms with Crippen LogP contribution < -0.4 is 5.32 Å². The van der Waals surface area contributed by atoms with Crippen molar-refractivity contribution in [2.24, 2.45) is 0 Å². The Labute approximate surface area is 166 Å². The van der Waals surface area contributed by atoms with Crippen molar-refractivity contribution in [2.45, 2.75) is 36.3 Å². The SMILES string of the molecule is CC[C@@H](C)c1ccc(NC(=O)[C@@H](Sc2ccccc2)c2ccccc2)cc1. The van der Waals surface area contributed by atoms with E-state index in [9.17, 15) is 4.79 Å². The lowest BCUT2D eigenvalue weighted by atomic mass is 9.98. The van der Waals surface area contributed by atoms with Crippen LogP contribution in [0, 0.1) is 0 Å². The van der Waals surface area contributed by atoms with Crippen LogP contribution in [0.3, 0.4) is 0 Å². The zero-order chi connectivity index (χ0) is 19.1. The van der Waals surface area contributed by atoms with E-state index in [4.69, 9.17) is 0 Å². The number of anilines is 1. The molecule has 2 nitrogen and oxygen atoms in total. The van der Waals surface area contributed by atoms with Gasteiger partial charge in [-0.15, -0.1) is 11.8 Å². The van der Waals surface area contributed by atoms with E-state index in [0.717, 1.165) is 22.6 Å². The minimum absolute atomic E-state index is 0.00802. The molecule has 1 amide bonds. The molecule has 0 aliphatic carbocycles. The van der Waals surface area contributed by atoms with E-state index in [-0.39, 0.29) is 11.2 Å². The van der Waals surface area contributed by atoms with Crippen LogP contribution in [0.1, 0.15) is 42.6 Å².